The molecule has 10 aromatic rings. The van der Waals surface area contributed by atoms with Gasteiger partial charge in [0, 0.05) is 53.3 Å². The van der Waals surface area contributed by atoms with Gasteiger partial charge in [-0.15, -0.1) is 11.3 Å². The molecule has 3 aromatic heterocycles. The van der Waals surface area contributed by atoms with Gasteiger partial charge >= 0.3 is 0 Å². The predicted molar refractivity (Wildman–Crippen MR) is 209 cm³/mol. The topological polar surface area (TPSA) is 43.6 Å². The maximum absolute atomic E-state index is 4.98. The van der Waals surface area contributed by atoms with E-state index in [1.54, 1.807) is 0 Å². The van der Waals surface area contributed by atoms with Crippen LogP contribution in [0.5, 0.6) is 0 Å². The molecule has 0 unspecified atom stereocenters. The van der Waals surface area contributed by atoms with Crippen molar-refractivity contribution in [3.63, 3.8) is 0 Å². The SMILES string of the molecule is c1ccc(-c2ccc3c4ccccc4n(-c4ccc5c(c4)sc4ccc(-c6nc(-c7ccccc7)nc(-c7ccccc7)n6)cc45)c3c2)cc1. The summed E-state index contributed by atoms with van der Waals surface area (Å²) in [5, 5.41) is 4.93. The fourth-order valence-electron chi connectivity index (χ4n) is 7.04. The Morgan fingerprint density at radius 1 is 0.340 bits per heavy atom. The van der Waals surface area contributed by atoms with E-state index in [0.29, 0.717) is 17.5 Å². The fraction of sp³-hybridized carbons (Fsp3) is 0. The molecule has 50 heavy (non-hydrogen) atoms. The first-order valence-electron chi connectivity index (χ1n) is 16.7. The summed E-state index contributed by atoms with van der Waals surface area (Å²) < 4.78 is 4.88. The molecule has 0 saturated heterocycles. The van der Waals surface area contributed by atoms with Crippen molar-refractivity contribution >= 4 is 53.3 Å². The van der Waals surface area contributed by atoms with Crippen LogP contribution in [-0.2, 0) is 0 Å². The zero-order valence-electron chi connectivity index (χ0n) is 26.9. The van der Waals surface area contributed by atoms with Crippen LogP contribution in [0, 0.1) is 0 Å². The summed E-state index contributed by atoms with van der Waals surface area (Å²) in [6.45, 7) is 0. The Balaban J connectivity index is 1.12. The summed E-state index contributed by atoms with van der Waals surface area (Å²) >= 11 is 1.82. The van der Waals surface area contributed by atoms with Crippen molar-refractivity contribution in [3.8, 4) is 51.0 Å². The van der Waals surface area contributed by atoms with Crippen LogP contribution in [0.3, 0.4) is 0 Å². The second-order valence-electron chi connectivity index (χ2n) is 12.5. The number of nitrogens with zero attached hydrogens (tertiary/aromatic N) is 4. The van der Waals surface area contributed by atoms with Gasteiger partial charge in [-0.2, -0.15) is 0 Å². The molecule has 0 spiro atoms. The summed E-state index contributed by atoms with van der Waals surface area (Å²) in [6, 6.07) is 59.8. The number of para-hydroxylation sites is 1. The molecule has 5 heteroatoms. The van der Waals surface area contributed by atoms with Crippen LogP contribution in [0.25, 0.3) is 93.0 Å². The van der Waals surface area contributed by atoms with Crippen molar-refractivity contribution in [3.05, 3.63) is 170 Å². The van der Waals surface area contributed by atoms with Gasteiger partial charge in [0.2, 0.25) is 0 Å². The van der Waals surface area contributed by atoms with E-state index in [0.717, 1.165) is 22.4 Å². The molecule has 0 aliphatic rings. The van der Waals surface area contributed by atoms with E-state index in [2.05, 4.69) is 114 Å². The highest BCUT2D eigenvalue weighted by molar-refractivity contribution is 7.25. The summed E-state index contributed by atoms with van der Waals surface area (Å²) in [7, 11) is 0. The van der Waals surface area contributed by atoms with Crippen molar-refractivity contribution in [2.45, 2.75) is 0 Å². The maximum atomic E-state index is 4.98. The van der Waals surface area contributed by atoms with Gasteiger partial charge < -0.3 is 4.57 Å². The highest BCUT2D eigenvalue weighted by atomic mass is 32.1. The van der Waals surface area contributed by atoms with E-state index in [4.69, 9.17) is 15.0 Å². The van der Waals surface area contributed by atoms with Gasteiger partial charge in [-0.25, -0.2) is 15.0 Å². The minimum absolute atomic E-state index is 0.662. The number of rotatable bonds is 5. The zero-order valence-corrected chi connectivity index (χ0v) is 27.7. The lowest BCUT2D eigenvalue weighted by Gasteiger charge is -2.10. The van der Waals surface area contributed by atoms with E-state index >= 15 is 0 Å². The number of hydrogen-bond donors (Lipinski definition) is 0. The van der Waals surface area contributed by atoms with Gasteiger partial charge in [0.1, 0.15) is 0 Å². The third-order valence-electron chi connectivity index (χ3n) is 9.45. The molecule has 0 aliphatic heterocycles. The first kappa shape index (κ1) is 28.6. The smallest absolute Gasteiger partial charge is 0.164 e. The number of fused-ring (bicyclic) bond motifs is 6. The highest BCUT2D eigenvalue weighted by Gasteiger charge is 2.17. The lowest BCUT2D eigenvalue weighted by atomic mass is 10.0. The van der Waals surface area contributed by atoms with E-state index in [9.17, 15) is 0 Å². The Labute approximate surface area is 292 Å². The third kappa shape index (κ3) is 4.79. The number of aromatic nitrogens is 4. The molecule has 0 amide bonds. The number of benzene rings is 7. The molecule has 0 atom stereocenters. The van der Waals surface area contributed by atoms with Gasteiger partial charge in [0.15, 0.2) is 17.5 Å². The largest absolute Gasteiger partial charge is 0.309 e. The molecule has 234 valence electrons. The molecule has 0 fully saturated rings. The van der Waals surface area contributed by atoms with Crippen LogP contribution in [0.15, 0.2) is 170 Å². The summed E-state index contributed by atoms with van der Waals surface area (Å²) in [4.78, 5) is 14.8. The second-order valence-corrected chi connectivity index (χ2v) is 13.6. The van der Waals surface area contributed by atoms with E-state index in [1.165, 1.54) is 53.1 Å². The van der Waals surface area contributed by atoms with Crippen LogP contribution < -0.4 is 0 Å². The van der Waals surface area contributed by atoms with Gasteiger partial charge in [0.05, 0.1) is 11.0 Å². The normalized spacial score (nSPS) is 11.6. The van der Waals surface area contributed by atoms with Crippen LogP contribution in [0.1, 0.15) is 0 Å². The van der Waals surface area contributed by atoms with Gasteiger partial charge in [-0.1, -0.05) is 127 Å². The van der Waals surface area contributed by atoms with Crippen molar-refractivity contribution in [1.29, 1.82) is 0 Å². The standard InChI is InChI=1S/C45H28N4S/c1-4-12-29(13-5-1)32-20-23-36-35-18-10-11-19-39(35)49(40(36)27-32)34-22-24-37-38-26-33(21-25-41(38)50-42(37)28-34)45-47-43(30-14-6-2-7-15-30)46-44(48-45)31-16-8-3-9-17-31/h1-28H. The zero-order chi connectivity index (χ0) is 33.0. The van der Waals surface area contributed by atoms with Crippen LogP contribution in [0.4, 0.5) is 0 Å². The van der Waals surface area contributed by atoms with E-state index in [1.807, 2.05) is 72.0 Å². The molecular weight excluding hydrogens is 629 g/mol. The molecule has 0 N–H and O–H groups in total. The van der Waals surface area contributed by atoms with Crippen molar-refractivity contribution in [2.24, 2.45) is 0 Å². The Hall–Kier alpha value is -6.43. The summed E-state index contributed by atoms with van der Waals surface area (Å²) in [6.07, 6.45) is 0. The van der Waals surface area contributed by atoms with Crippen LogP contribution in [0.2, 0.25) is 0 Å². The van der Waals surface area contributed by atoms with Crippen molar-refractivity contribution < 1.29 is 0 Å². The Morgan fingerprint density at radius 3 is 1.60 bits per heavy atom. The average molecular weight is 657 g/mol. The lowest BCUT2D eigenvalue weighted by Crippen LogP contribution is -2.00. The molecule has 0 radical (unpaired) electrons. The lowest BCUT2D eigenvalue weighted by molar-refractivity contribution is 1.07. The van der Waals surface area contributed by atoms with Crippen molar-refractivity contribution in [2.75, 3.05) is 0 Å². The molecule has 0 aliphatic carbocycles. The summed E-state index contributed by atoms with van der Waals surface area (Å²) in [5.74, 6) is 1.99. The average Bonchev–Trinajstić information content (AvgIpc) is 3.73. The monoisotopic (exact) mass is 656 g/mol. The number of hydrogen-bond acceptors (Lipinski definition) is 4. The predicted octanol–water partition coefficient (Wildman–Crippen LogP) is 12.0. The minimum Gasteiger partial charge on any atom is -0.309 e. The quantitative estimate of drug-likeness (QED) is 0.185. The summed E-state index contributed by atoms with van der Waals surface area (Å²) in [5.41, 5.74) is 8.87. The third-order valence-corrected chi connectivity index (χ3v) is 10.6. The van der Waals surface area contributed by atoms with Crippen LogP contribution >= 0.6 is 11.3 Å². The first-order chi connectivity index (χ1) is 24.8. The van der Waals surface area contributed by atoms with Crippen molar-refractivity contribution in [1.82, 2.24) is 19.5 Å². The molecule has 0 saturated carbocycles. The molecule has 0 bridgehead atoms. The Kier molecular flexibility index (Phi) is 6.64. The second kappa shape index (κ2) is 11.6. The van der Waals surface area contributed by atoms with Gasteiger partial charge in [-0.3, -0.25) is 0 Å². The van der Waals surface area contributed by atoms with Gasteiger partial charge in [0.25, 0.3) is 0 Å². The van der Waals surface area contributed by atoms with E-state index in [-0.39, 0.29) is 0 Å². The first-order valence-corrected chi connectivity index (χ1v) is 17.5. The minimum atomic E-state index is 0.662. The molecule has 7 aromatic carbocycles. The molecular formula is C45H28N4S. The van der Waals surface area contributed by atoms with Gasteiger partial charge in [-0.05, 0) is 53.6 Å². The highest BCUT2D eigenvalue weighted by Crippen LogP contribution is 2.40. The van der Waals surface area contributed by atoms with E-state index < -0.39 is 0 Å². The Bertz CT molecular complexity index is 2800. The van der Waals surface area contributed by atoms with Crippen LogP contribution in [-0.4, -0.2) is 19.5 Å². The molecule has 4 nitrogen and oxygen atoms in total. The maximum Gasteiger partial charge on any atom is 0.164 e. The molecule has 10 rings (SSSR count). The number of thiophene rings is 1. The fourth-order valence-corrected chi connectivity index (χ4v) is 8.16. The Morgan fingerprint density at radius 2 is 0.900 bits per heavy atom. The molecule has 3 heterocycles.